The van der Waals surface area contributed by atoms with Crippen molar-refractivity contribution in [2.75, 3.05) is 29.1 Å². The Balaban J connectivity index is 0.000000393. The zero-order chi connectivity index (χ0) is 35.4. The van der Waals surface area contributed by atoms with Crippen molar-refractivity contribution in [2.45, 2.75) is 33.1 Å². The van der Waals surface area contributed by atoms with Crippen LogP contribution >= 0.6 is 0 Å². The van der Waals surface area contributed by atoms with E-state index in [1.165, 1.54) is 34.1 Å². The van der Waals surface area contributed by atoms with Gasteiger partial charge in [0.05, 0.1) is 16.9 Å². The fourth-order valence-electron chi connectivity index (χ4n) is 3.84. The van der Waals surface area contributed by atoms with Crippen LogP contribution in [0.1, 0.15) is 49.7 Å². The molecule has 4 rings (SSSR count). The van der Waals surface area contributed by atoms with Crippen molar-refractivity contribution < 1.29 is 29.4 Å². The van der Waals surface area contributed by atoms with Gasteiger partial charge in [-0.05, 0) is 92.3 Å². The highest BCUT2D eigenvalue weighted by Crippen LogP contribution is 2.21. The molecule has 11 N–H and O–H groups in total. The van der Waals surface area contributed by atoms with Crippen LogP contribution in [0, 0.1) is 24.7 Å². The second-order valence-corrected chi connectivity index (χ2v) is 9.41. The van der Waals surface area contributed by atoms with E-state index in [9.17, 15) is 14.4 Å². The Labute approximate surface area is 269 Å². The van der Waals surface area contributed by atoms with Crippen LogP contribution in [-0.2, 0) is 22.4 Å². The third-order valence-corrected chi connectivity index (χ3v) is 6.12. The molecule has 0 saturated heterocycles. The topological polar surface area (TPSA) is 280 Å². The number of carboxylic acid groups (broad SMARTS) is 2. The van der Waals surface area contributed by atoms with E-state index < -0.39 is 5.97 Å². The van der Waals surface area contributed by atoms with Crippen molar-refractivity contribution in [3.05, 3.63) is 105 Å². The molecule has 4 aromatic rings. The number of nitrogens with two attached hydrogens (primary N) is 2. The number of aryl methyl sites for hydroxylation is 4. The van der Waals surface area contributed by atoms with Crippen LogP contribution in [0.15, 0.2) is 60.7 Å². The molecule has 17 nitrogen and oxygen atoms in total. The first-order valence-corrected chi connectivity index (χ1v) is 13.8. The fraction of sp³-hybridized carbons (Fsp3) is 0.200. The predicted octanol–water partition coefficient (Wildman–Crippen LogP) is 1.16. The minimum Gasteiger partial charge on any atom is -0.483 e. The van der Waals surface area contributed by atoms with Crippen molar-refractivity contribution in [3.63, 3.8) is 0 Å². The SMILES string of the molecule is CNc1cc(CCCc2ccc(C(=O)O)c(NC=O)c2)ccc1C.Cc1ccc(=N)n(NN)n1.N=c1ccc(C=O)nn1N.O=CO. The number of nitrogens with one attached hydrogen (secondary N) is 5. The lowest BCUT2D eigenvalue weighted by Gasteiger charge is -2.10. The summed E-state index contributed by atoms with van der Waals surface area (Å²) < 4.78 is 0. The van der Waals surface area contributed by atoms with E-state index in [1.54, 1.807) is 24.3 Å². The molecule has 0 spiro atoms. The number of carbonyl (C=O) groups excluding carboxylic acids is 2. The number of hydrazine groups is 1. The van der Waals surface area contributed by atoms with E-state index in [4.69, 9.17) is 37.5 Å². The van der Waals surface area contributed by atoms with Crippen LogP contribution in [0.4, 0.5) is 11.4 Å². The number of carbonyl (C=O) groups is 4. The Morgan fingerprint density at radius 3 is 2.02 bits per heavy atom. The molecule has 0 unspecified atom stereocenters. The lowest BCUT2D eigenvalue weighted by Crippen LogP contribution is -2.35. The molecular weight excluding hydrogens is 610 g/mol. The number of aromatic nitrogens is 4. The molecule has 0 saturated carbocycles. The molecule has 2 heterocycles. The zero-order valence-electron chi connectivity index (χ0n) is 26.1. The lowest BCUT2D eigenvalue weighted by molar-refractivity contribution is -0.122. The van der Waals surface area contributed by atoms with Gasteiger partial charge in [-0.15, -0.1) is 9.89 Å². The van der Waals surface area contributed by atoms with Crippen LogP contribution < -0.4 is 38.8 Å². The minimum atomic E-state index is -1.05. The van der Waals surface area contributed by atoms with Crippen LogP contribution in [0.2, 0.25) is 0 Å². The normalized spacial score (nSPS) is 9.45. The first kappa shape index (κ1) is 38.7. The average Bonchev–Trinajstić information content (AvgIpc) is 3.05. The molecule has 47 heavy (non-hydrogen) atoms. The highest BCUT2D eigenvalue weighted by atomic mass is 16.4. The zero-order valence-corrected chi connectivity index (χ0v) is 26.1. The van der Waals surface area contributed by atoms with E-state index in [0.717, 1.165) is 41.0 Å². The van der Waals surface area contributed by atoms with Crippen molar-refractivity contribution in [1.82, 2.24) is 19.8 Å². The van der Waals surface area contributed by atoms with Gasteiger partial charge in [0, 0.05) is 12.7 Å². The van der Waals surface area contributed by atoms with Crippen LogP contribution in [0.3, 0.4) is 0 Å². The number of aromatic carboxylic acids is 1. The molecule has 0 aliphatic carbocycles. The van der Waals surface area contributed by atoms with Gasteiger partial charge in [0.2, 0.25) is 6.41 Å². The number of hydrogen-bond acceptors (Lipinski definition) is 12. The summed E-state index contributed by atoms with van der Waals surface area (Å²) in [5, 5.41) is 43.3. The molecule has 2 aromatic heterocycles. The van der Waals surface area contributed by atoms with E-state index in [-0.39, 0.29) is 28.7 Å². The van der Waals surface area contributed by atoms with Gasteiger partial charge in [-0.25, -0.2) is 16.2 Å². The summed E-state index contributed by atoms with van der Waals surface area (Å²) in [6.07, 6.45) is 3.77. The monoisotopic (exact) mass is 649 g/mol. The van der Waals surface area contributed by atoms with Gasteiger partial charge in [-0.3, -0.25) is 25.2 Å². The summed E-state index contributed by atoms with van der Waals surface area (Å²) in [4.78, 5) is 42.2. The molecule has 0 aliphatic heterocycles. The number of nitrogen functional groups attached to an aromatic ring is 2. The smallest absolute Gasteiger partial charge is 0.337 e. The molecule has 17 heteroatoms. The Bertz CT molecular complexity index is 1760. The number of hydrogen-bond donors (Lipinski definition) is 9. The maximum Gasteiger partial charge on any atom is 0.337 e. The molecule has 0 fully saturated rings. The molecule has 1 amide bonds. The summed E-state index contributed by atoms with van der Waals surface area (Å²) in [7, 11) is 1.91. The molecular formula is C30H39N11O6. The van der Waals surface area contributed by atoms with Gasteiger partial charge < -0.3 is 26.7 Å². The van der Waals surface area contributed by atoms with E-state index in [2.05, 4.69) is 51.5 Å². The molecule has 2 aromatic carbocycles. The van der Waals surface area contributed by atoms with Gasteiger partial charge in [-0.2, -0.15) is 9.89 Å². The highest BCUT2D eigenvalue weighted by Gasteiger charge is 2.10. The number of carboxylic acids is 1. The number of aldehydes is 1. The van der Waals surface area contributed by atoms with Gasteiger partial charge in [-0.1, -0.05) is 18.2 Å². The Morgan fingerprint density at radius 1 is 0.915 bits per heavy atom. The number of benzene rings is 2. The highest BCUT2D eigenvalue weighted by molar-refractivity contribution is 5.96. The fourth-order valence-corrected chi connectivity index (χ4v) is 3.84. The van der Waals surface area contributed by atoms with Crippen LogP contribution in [0.5, 0.6) is 0 Å². The molecule has 0 atom stereocenters. The van der Waals surface area contributed by atoms with Crippen molar-refractivity contribution in [3.8, 4) is 0 Å². The number of nitrogens with zero attached hydrogens (tertiary/aromatic N) is 4. The molecule has 0 bridgehead atoms. The van der Waals surface area contributed by atoms with E-state index in [1.807, 2.05) is 14.0 Å². The van der Waals surface area contributed by atoms with Crippen molar-refractivity contribution in [1.29, 1.82) is 10.8 Å². The first-order chi connectivity index (χ1) is 22.4. The average molecular weight is 650 g/mol. The lowest BCUT2D eigenvalue weighted by atomic mass is 10.0. The molecule has 0 aliphatic rings. The predicted molar refractivity (Wildman–Crippen MR) is 175 cm³/mol. The Kier molecular flexibility index (Phi) is 16.9. The standard InChI is InChI=1S/C19H22N2O3.C5H9N5.C5H6N4O.CH2O2/c1-13-6-7-14(10-17(13)20-2)4-3-5-15-8-9-16(19(23)24)18(11-15)21-12-22;1-4-2-3-5(6)10(8-4)9-7;6-5-2-1-4(3-10)8-9(5)7;2-1-3/h6-12,20H,3-5H2,1-2H3,(H,21,22)(H,23,24);2-3,6,9H,7H2,1H3;1-3,6H,7H2;1H,(H,2,3). The quantitative estimate of drug-likeness (QED) is 0.0665. The maximum atomic E-state index is 11.1. The minimum absolute atomic E-state index is 0.0607. The largest absolute Gasteiger partial charge is 0.483 e. The Hall–Kier alpha value is -6.36. The summed E-state index contributed by atoms with van der Waals surface area (Å²) in [5.41, 5.74) is 8.64. The van der Waals surface area contributed by atoms with Gasteiger partial charge in [0.1, 0.15) is 5.69 Å². The summed E-state index contributed by atoms with van der Waals surface area (Å²) in [6, 6.07) is 17.6. The summed E-state index contributed by atoms with van der Waals surface area (Å²) >= 11 is 0. The number of anilines is 2. The van der Waals surface area contributed by atoms with Gasteiger partial charge >= 0.3 is 5.97 Å². The second kappa shape index (κ2) is 20.6. The number of rotatable bonds is 10. The van der Waals surface area contributed by atoms with Crippen molar-refractivity contribution >= 4 is 36.5 Å². The maximum absolute atomic E-state index is 11.1. The molecule has 0 radical (unpaired) electrons. The van der Waals surface area contributed by atoms with E-state index in [0.29, 0.717) is 18.4 Å². The third-order valence-electron chi connectivity index (χ3n) is 6.12. The van der Waals surface area contributed by atoms with E-state index >= 15 is 0 Å². The van der Waals surface area contributed by atoms with Crippen molar-refractivity contribution in [2.24, 2.45) is 5.84 Å². The third kappa shape index (κ3) is 13.4. The Morgan fingerprint density at radius 2 is 1.51 bits per heavy atom. The molecule has 250 valence electrons. The number of amides is 1. The summed E-state index contributed by atoms with van der Waals surface area (Å²) in [5.74, 6) is 9.15. The van der Waals surface area contributed by atoms with Crippen LogP contribution in [0.25, 0.3) is 0 Å². The summed E-state index contributed by atoms with van der Waals surface area (Å²) in [6.45, 7) is 3.65. The first-order valence-electron chi connectivity index (χ1n) is 13.8. The van der Waals surface area contributed by atoms with Gasteiger partial charge in [0.15, 0.2) is 17.3 Å². The second-order valence-electron chi connectivity index (χ2n) is 9.41. The van der Waals surface area contributed by atoms with Crippen LogP contribution in [-0.4, -0.2) is 62.2 Å². The van der Waals surface area contributed by atoms with Gasteiger partial charge in [0.25, 0.3) is 6.47 Å².